The molecule has 0 bridgehead atoms. The molecule has 1 aromatic carbocycles. The summed E-state index contributed by atoms with van der Waals surface area (Å²) >= 11 is 0. The van der Waals surface area contributed by atoms with E-state index in [0.717, 1.165) is 18.2 Å². The number of nitrogens with zero attached hydrogens (tertiary/aromatic N) is 1. The van der Waals surface area contributed by atoms with Crippen LogP contribution in [-0.4, -0.2) is 30.5 Å². The predicted octanol–water partition coefficient (Wildman–Crippen LogP) is 1.43. The first kappa shape index (κ1) is 17.1. The van der Waals surface area contributed by atoms with Crippen LogP contribution in [0.25, 0.3) is 0 Å². The van der Waals surface area contributed by atoms with Crippen molar-refractivity contribution < 1.29 is 23.2 Å². The van der Waals surface area contributed by atoms with E-state index in [1.807, 2.05) is 0 Å². The van der Waals surface area contributed by atoms with Crippen LogP contribution in [0.2, 0.25) is 0 Å². The lowest BCUT2D eigenvalue weighted by molar-refractivity contribution is -0.385. The molecule has 1 aromatic rings. The van der Waals surface area contributed by atoms with Crippen molar-refractivity contribution in [2.45, 2.75) is 37.6 Å². The Hall–Kier alpha value is -2.00. The lowest BCUT2D eigenvalue weighted by Gasteiger charge is -2.14. The third-order valence-corrected chi connectivity index (χ3v) is 4.32. The van der Waals surface area contributed by atoms with Crippen LogP contribution in [0, 0.1) is 17.0 Å². The van der Waals surface area contributed by atoms with Crippen molar-refractivity contribution in [3.8, 4) is 0 Å². The first-order valence-corrected chi connectivity index (χ1v) is 7.67. The van der Waals surface area contributed by atoms with E-state index in [0.29, 0.717) is 6.42 Å². The number of aliphatic carboxylic acids is 1. The van der Waals surface area contributed by atoms with Gasteiger partial charge >= 0.3 is 5.97 Å². The maximum Gasteiger partial charge on any atom is 0.321 e. The average Bonchev–Trinajstić information content (AvgIpc) is 2.37. The molecule has 0 saturated heterocycles. The van der Waals surface area contributed by atoms with Crippen LogP contribution in [0.5, 0.6) is 0 Å². The van der Waals surface area contributed by atoms with Gasteiger partial charge in [0.1, 0.15) is 6.04 Å². The van der Waals surface area contributed by atoms with Crippen LogP contribution in [0.1, 0.15) is 25.3 Å². The number of nitrogens with one attached hydrogen (secondary N) is 1. The van der Waals surface area contributed by atoms with Crippen molar-refractivity contribution in [3.05, 3.63) is 33.9 Å². The van der Waals surface area contributed by atoms with Crippen LogP contribution in [0.4, 0.5) is 5.69 Å². The summed E-state index contributed by atoms with van der Waals surface area (Å²) in [5, 5.41) is 19.7. The zero-order valence-electron chi connectivity index (χ0n) is 11.6. The smallest absolute Gasteiger partial charge is 0.321 e. The van der Waals surface area contributed by atoms with Gasteiger partial charge in [0.05, 0.1) is 9.82 Å². The summed E-state index contributed by atoms with van der Waals surface area (Å²) in [7, 11) is -4.05. The monoisotopic (exact) mass is 316 g/mol. The largest absolute Gasteiger partial charge is 0.480 e. The first-order chi connectivity index (χ1) is 9.69. The molecule has 2 N–H and O–H groups in total. The van der Waals surface area contributed by atoms with Gasteiger partial charge in [0.15, 0.2) is 0 Å². The molecule has 0 heterocycles. The second kappa shape index (κ2) is 6.64. The zero-order chi connectivity index (χ0) is 16.2. The molecule has 0 fully saturated rings. The SMILES string of the molecule is CCCC(NS(=O)(=O)c1ccc([N+](=O)[O-])c(C)c1)C(=O)O. The van der Waals surface area contributed by atoms with Crippen LogP contribution < -0.4 is 4.72 Å². The summed E-state index contributed by atoms with van der Waals surface area (Å²) in [6.45, 7) is 3.15. The van der Waals surface area contributed by atoms with Crippen LogP contribution in [0.15, 0.2) is 23.1 Å². The Kier molecular flexibility index (Phi) is 5.39. The third kappa shape index (κ3) is 4.23. The molecule has 1 unspecified atom stereocenters. The number of nitro benzene ring substituents is 1. The molecule has 0 aliphatic rings. The molecule has 9 heteroatoms. The van der Waals surface area contributed by atoms with E-state index >= 15 is 0 Å². The van der Waals surface area contributed by atoms with Gasteiger partial charge in [-0.2, -0.15) is 4.72 Å². The summed E-state index contributed by atoms with van der Waals surface area (Å²) < 4.78 is 26.3. The van der Waals surface area contributed by atoms with Crippen molar-refractivity contribution in [1.29, 1.82) is 0 Å². The Morgan fingerprint density at radius 3 is 2.52 bits per heavy atom. The van der Waals surface area contributed by atoms with Gasteiger partial charge < -0.3 is 5.11 Å². The highest BCUT2D eigenvalue weighted by Crippen LogP contribution is 2.21. The second-order valence-corrected chi connectivity index (χ2v) is 6.22. The number of carboxylic acid groups (broad SMARTS) is 1. The fraction of sp³-hybridized carbons (Fsp3) is 0.417. The normalized spacial score (nSPS) is 12.9. The van der Waals surface area contributed by atoms with Crippen molar-refractivity contribution in [3.63, 3.8) is 0 Å². The minimum Gasteiger partial charge on any atom is -0.480 e. The van der Waals surface area contributed by atoms with E-state index in [1.165, 1.54) is 6.92 Å². The fourth-order valence-corrected chi connectivity index (χ4v) is 3.09. The number of rotatable bonds is 7. The number of carboxylic acids is 1. The van der Waals surface area contributed by atoms with E-state index in [4.69, 9.17) is 5.11 Å². The quantitative estimate of drug-likeness (QED) is 0.579. The van der Waals surface area contributed by atoms with Crippen molar-refractivity contribution in [1.82, 2.24) is 4.72 Å². The van der Waals surface area contributed by atoms with Gasteiger partial charge in [-0.1, -0.05) is 13.3 Å². The lowest BCUT2D eigenvalue weighted by atomic mass is 10.2. The second-order valence-electron chi connectivity index (χ2n) is 4.51. The number of benzene rings is 1. The van der Waals surface area contributed by atoms with Gasteiger partial charge in [0.25, 0.3) is 5.69 Å². The molecular formula is C12H16N2O6S. The van der Waals surface area contributed by atoms with E-state index in [2.05, 4.69) is 4.72 Å². The van der Waals surface area contributed by atoms with Crippen LogP contribution in [0.3, 0.4) is 0 Å². The number of hydrogen-bond acceptors (Lipinski definition) is 5. The minimum atomic E-state index is -4.05. The summed E-state index contributed by atoms with van der Waals surface area (Å²) in [4.78, 5) is 20.9. The number of sulfonamides is 1. The van der Waals surface area contributed by atoms with E-state index in [1.54, 1.807) is 6.92 Å². The molecule has 21 heavy (non-hydrogen) atoms. The molecule has 116 valence electrons. The molecule has 0 aromatic heterocycles. The Morgan fingerprint density at radius 1 is 1.48 bits per heavy atom. The lowest BCUT2D eigenvalue weighted by Crippen LogP contribution is -2.40. The molecule has 0 radical (unpaired) electrons. The molecule has 0 aliphatic carbocycles. The maximum absolute atomic E-state index is 12.1. The summed E-state index contributed by atoms with van der Waals surface area (Å²) in [6, 6.07) is 2.08. The highest BCUT2D eigenvalue weighted by atomic mass is 32.2. The third-order valence-electron chi connectivity index (χ3n) is 2.85. The molecule has 8 nitrogen and oxygen atoms in total. The highest BCUT2D eigenvalue weighted by Gasteiger charge is 2.25. The maximum atomic E-state index is 12.1. The first-order valence-electron chi connectivity index (χ1n) is 6.19. The Morgan fingerprint density at radius 2 is 2.10 bits per heavy atom. The molecular weight excluding hydrogens is 300 g/mol. The minimum absolute atomic E-state index is 0.153. The zero-order valence-corrected chi connectivity index (χ0v) is 12.4. The van der Waals surface area contributed by atoms with Crippen LogP contribution in [-0.2, 0) is 14.8 Å². The van der Waals surface area contributed by atoms with E-state index in [9.17, 15) is 23.3 Å². The van der Waals surface area contributed by atoms with Gasteiger partial charge in [0, 0.05) is 11.6 Å². The summed E-state index contributed by atoms with van der Waals surface area (Å²) in [5.74, 6) is -1.26. The summed E-state index contributed by atoms with van der Waals surface area (Å²) in [6.07, 6.45) is 0.652. The summed E-state index contributed by atoms with van der Waals surface area (Å²) in [5.41, 5.74) is -0.0115. The Bertz CT molecular complexity index is 656. The topological polar surface area (TPSA) is 127 Å². The Labute approximate surface area is 122 Å². The fourth-order valence-electron chi connectivity index (χ4n) is 1.78. The average molecular weight is 316 g/mol. The molecule has 0 aliphatic heterocycles. The van der Waals surface area contributed by atoms with Gasteiger partial charge in [-0.25, -0.2) is 8.42 Å². The van der Waals surface area contributed by atoms with Gasteiger partial charge in [-0.15, -0.1) is 0 Å². The molecule has 1 rings (SSSR count). The highest BCUT2D eigenvalue weighted by molar-refractivity contribution is 7.89. The van der Waals surface area contributed by atoms with Gasteiger partial charge in [-0.05, 0) is 25.5 Å². The van der Waals surface area contributed by atoms with Crippen molar-refractivity contribution >= 4 is 21.7 Å². The molecule has 0 amide bonds. The number of carbonyl (C=O) groups is 1. The standard InChI is InChI=1S/C12H16N2O6S/c1-3-4-10(12(15)16)13-21(19,20)9-5-6-11(14(17)18)8(2)7-9/h5-7,10,13H,3-4H2,1-2H3,(H,15,16). The molecule has 1 atom stereocenters. The van der Waals surface area contributed by atoms with E-state index < -0.39 is 27.0 Å². The predicted molar refractivity (Wildman–Crippen MR) is 74.5 cm³/mol. The number of hydrogen-bond donors (Lipinski definition) is 2. The Balaban J connectivity index is 3.10. The number of aryl methyl sites for hydroxylation is 1. The molecule has 0 spiro atoms. The van der Waals surface area contributed by atoms with E-state index in [-0.39, 0.29) is 22.6 Å². The molecule has 0 saturated carbocycles. The van der Waals surface area contributed by atoms with Gasteiger partial charge in [0.2, 0.25) is 10.0 Å². The van der Waals surface area contributed by atoms with Crippen molar-refractivity contribution in [2.24, 2.45) is 0 Å². The van der Waals surface area contributed by atoms with Gasteiger partial charge in [-0.3, -0.25) is 14.9 Å². The van der Waals surface area contributed by atoms with Crippen LogP contribution >= 0.6 is 0 Å². The number of nitro groups is 1. The van der Waals surface area contributed by atoms with Crippen molar-refractivity contribution in [2.75, 3.05) is 0 Å².